The first kappa shape index (κ1) is 21.3. The van der Waals surface area contributed by atoms with Crippen molar-refractivity contribution in [3.63, 3.8) is 0 Å². The third kappa shape index (κ3) is 5.06. The zero-order valence-electron chi connectivity index (χ0n) is 17.5. The molecule has 0 fully saturated rings. The third-order valence-electron chi connectivity index (χ3n) is 3.67. The van der Waals surface area contributed by atoms with Gasteiger partial charge in [0.15, 0.2) is 0 Å². The predicted molar refractivity (Wildman–Crippen MR) is 111 cm³/mol. The number of amides is 2. The quantitative estimate of drug-likeness (QED) is 0.746. The van der Waals surface area contributed by atoms with Gasteiger partial charge in [-0.25, -0.2) is 14.5 Å². The number of fused-ring (bicyclic) bond motifs is 1. The maximum Gasteiger partial charge on any atom is 0.420 e. The Morgan fingerprint density at radius 1 is 1.04 bits per heavy atom. The molecule has 152 valence electrons. The first-order valence-electron chi connectivity index (χ1n) is 9.05. The van der Waals surface area contributed by atoms with Gasteiger partial charge in [0, 0.05) is 0 Å². The van der Waals surface area contributed by atoms with E-state index in [0.717, 1.165) is 5.56 Å². The van der Waals surface area contributed by atoms with Crippen molar-refractivity contribution in [1.29, 1.82) is 0 Å². The van der Waals surface area contributed by atoms with Crippen LogP contribution in [0.15, 0.2) is 37.2 Å². The average molecular weight is 387 g/mol. The van der Waals surface area contributed by atoms with E-state index in [9.17, 15) is 9.59 Å². The van der Waals surface area contributed by atoms with E-state index in [1.807, 2.05) is 0 Å². The largest absolute Gasteiger partial charge is 0.443 e. The smallest absolute Gasteiger partial charge is 0.420 e. The predicted octanol–water partition coefficient (Wildman–Crippen LogP) is 4.84. The molecule has 0 aromatic heterocycles. The van der Waals surface area contributed by atoms with Crippen molar-refractivity contribution in [2.24, 2.45) is 0 Å². The number of hydrogen-bond acceptors (Lipinski definition) is 5. The van der Waals surface area contributed by atoms with Crippen molar-refractivity contribution >= 4 is 29.6 Å². The molecule has 0 aliphatic carbocycles. The van der Waals surface area contributed by atoms with Crippen molar-refractivity contribution in [2.75, 3.05) is 16.5 Å². The van der Waals surface area contributed by atoms with Crippen LogP contribution in [0.25, 0.3) is 6.08 Å². The number of ether oxygens (including phenoxy) is 2. The second-order valence-corrected chi connectivity index (χ2v) is 8.46. The molecule has 0 bridgehead atoms. The highest BCUT2D eigenvalue weighted by Gasteiger charge is 2.34. The Bertz CT molecular complexity index is 803. The molecule has 7 nitrogen and oxygen atoms in total. The summed E-state index contributed by atoms with van der Waals surface area (Å²) in [5.74, 6) is 0.299. The van der Waals surface area contributed by atoms with Gasteiger partial charge in [-0.2, -0.15) is 0 Å². The van der Waals surface area contributed by atoms with Gasteiger partial charge in [-0.05, 0) is 59.2 Å². The maximum absolute atomic E-state index is 12.8. The molecule has 0 saturated heterocycles. The van der Waals surface area contributed by atoms with Gasteiger partial charge in [0.2, 0.25) is 0 Å². The van der Waals surface area contributed by atoms with Crippen LogP contribution in [-0.2, 0) is 9.47 Å². The van der Waals surface area contributed by atoms with Crippen molar-refractivity contribution in [1.82, 2.24) is 5.32 Å². The van der Waals surface area contributed by atoms with Crippen LogP contribution < -0.4 is 15.1 Å². The Morgan fingerprint density at radius 2 is 1.61 bits per heavy atom. The second kappa shape index (κ2) is 7.58. The molecule has 1 aliphatic heterocycles. The summed E-state index contributed by atoms with van der Waals surface area (Å²) in [6.07, 6.45) is 0.531. The molecule has 0 unspecified atom stereocenters. The number of rotatable bonds is 1. The van der Waals surface area contributed by atoms with Gasteiger partial charge in [0.1, 0.15) is 17.0 Å². The molecule has 1 aromatic rings. The molecule has 28 heavy (non-hydrogen) atoms. The van der Waals surface area contributed by atoms with Crippen LogP contribution in [0.3, 0.4) is 0 Å². The molecule has 1 heterocycles. The minimum atomic E-state index is -0.685. The van der Waals surface area contributed by atoms with E-state index in [1.165, 1.54) is 9.80 Å². The van der Waals surface area contributed by atoms with Gasteiger partial charge < -0.3 is 14.8 Å². The molecule has 0 atom stereocenters. The van der Waals surface area contributed by atoms with Gasteiger partial charge in [-0.1, -0.05) is 25.3 Å². The lowest BCUT2D eigenvalue weighted by Gasteiger charge is -2.29. The molecule has 2 rings (SSSR count). The Morgan fingerprint density at radius 3 is 2.14 bits per heavy atom. The number of nitrogens with zero attached hydrogens (tertiary/aromatic N) is 2. The molecule has 1 N–H and O–H groups in total. The number of benzene rings is 1. The fourth-order valence-electron chi connectivity index (χ4n) is 2.55. The third-order valence-corrected chi connectivity index (χ3v) is 3.67. The number of anilines is 2. The van der Waals surface area contributed by atoms with Crippen molar-refractivity contribution in [2.45, 2.75) is 52.7 Å². The molecule has 2 amide bonds. The normalized spacial score (nSPS) is 14.6. The highest BCUT2D eigenvalue weighted by molar-refractivity contribution is 6.01. The van der Waals surface area contributed by atoms with E-state index < -0.39 is 23.4 Å². The Kier molecular flexibility index (Phi) is 5.77. The van der Waals surface area contributed by atoms with E-state index in [4.69, 9.17) is 9.47 Å². The minimum Gasteiger partial charge on any atom is -0.443 e. The Hall–Kier alpha value is -2.96. The number of nitrogens with one attached hydrogen (secondary N) is 1. The maximum atomic E-state index is 12.8. The van der Waals surface area contributed by atoms with Crippen LogP contribution in [0.1, 0.15) is 47.1 Å². The lowest BCUT2D eigenvalue weighted by molar-refractivity contribution is 0.0574. The SMILES string of the molecule is C=Cc1ccc2c(c1)N(C(=O)OC(C)(C)C)CNC(=C)N2C(=O)OC(C)(C)C. The summed E-state index contributed by atoms with van der Waals surface area (Å²) in [5.41, 5.74) is 0.394. The van der Waals surface area contributed by atoms with Crippen LogP contribution in [0, 0.1) is 0 Å². The summed E-state index contributed by atoms with van der Waals surface area (Å²) in [6, 6.07) is 5.30. The van der Waals surface area contributed by atoms with E-state index in [-0.39, 0.29) is 6.67 Å². The minimum absolute atomic E-state index is 0.0840. The summed E-state index contributed by atoms with van der Waals surface area (Å²) >= 11 is 0. The summed E-state index contributed by atoms with van der Waals surface area (Å²) in [7, 11) is 0. The fourth-order valence-corrected chi connectivity index (χ4v) is 2.55. The van der Waals surface area contributed by atoms with Crippen LogP contribution in [0.4, 0.5) is 21.0 Å². The van der Waals surface area contributed by atoms with Crippen molar-refractivity contribution in [3.8, 4) is 0 Å². The fraction of sp³-hybridized carbons (Fsp3) is 0.429. The molecule has 0 saturated carbocycles. The lowest BCUT2D eigenvalue weighted by Crippen LogP contribution is -2.42. The van der Waals surface area contributed by atoms with E-state index in [1.54, 1.807) is 65.8 Å². The standard InChI is InChI=1S/C21H29N3O4/c1-9-15-10-11-16-17(12-15)23(18(25)27-20(3,4)5)13-22-14(2)24(16)19(26)28-21(6,7)8/h9-12,22H,1-2,13H2,3-8H3. The molecule has 0 radical (unpaired) electrons. The van der Waals surface area contributed by atoms with Gasteiger partial charge in [0.25, 0.3) is 0 Å². The molecule has 7 heteroatoms. The van der Waals surface area contributed by atoms with Crippen LogP contribution in [0.5, 0.6) is 0 Å². The summed E-state index contributed by atoms with van der Waals surface area (Å²) < 4.78 is 11.1. The van der Waals surface area contributed by atoms with Crippen molar-refractivity contribution in [3.05, 3.63) is 42.7 Å². The van der Waals surface area contributed by atoms with Crippen molar-refractivity contribution < 1.29 is 19.1 Å². The van der Waals surface area contributed by atoms with Crippen LogP contribution in [-0.4, -0.2) is 30.1 Å². The number of hydrogen-bond donors (Lipinski definition) is 1. The molecule has 1 aromatic carbocycles. The number of carbonyl (C=O) groups is 2. The highest BCUT2D eigenvalue weighted by Crippen LogP contribution is 2.36. The monoisotopic (exact) mass is 387 g/mol. The zero-order valence-corrected chi connectivity index (χ0v) is 17.5. The first-order chi connectivity index (χ1) is 12.8. The zero-order chi connectivity index (χ0) is 21.3. The summed E-state index contributed by atoms with van der Waals surface area (Å²) in [5, 5.41) is 2.99. The van der Waals surface area contributed by atoms with Gasteiger partial charge in [0.05, 0.1) is 18.0 Å². The van der Waals surface area contributed by atoms with Gasteiger partial charge >= 0.3 is 12.2 Å². The molecule has 0 spiro atoms. The van der Waals surface area contributed by atoms with E-state index in [2.05, 4.69) is 18.5 Å². The van der Waals surface area contributed by atoms with Crippen LogP contribution in [0.2, 0.25) is 0 Å². The van der Waals surface area contributed by atoms with Crippen LogP contribution >= 0.6 is 0 Å². The Balaban J connectivity index is 2.55. The topological polar surface area (TPSA) is 71.1 Å². The number of carbonyl (C=O) groups excluding carboxylic acids is 2. The lowest BCUT2D eigenvalue weighted by atomic mass is 10.1. The average Bonchev–Trinajstić information content (AvgIpc) is 2.66. The highest BCUT2D eigenvalue weighted by atomic mass is 16.6. The first-order valence-corrected chi connectivity index (χ1v) is 9.05. The van der Waals surface area contributed by atoms with Gasteiger partial charge in [-0.3, -0.25) is 4.90 Å². The molecular weight excluding hydrogens is 358 g/mol. The molecular formula is C21H29N3O4. The summed E-state index contributed by atoms with van der Waals surface area (Å²) in [6.45, 7) is 18.5. The molecule has 1 aliphatic rings. The Labute approximate surface area is 166 Å². The van der Waals surface area contributed by atoms with E-state index >= 15 is 0 Å². The summed E-state index contributed by atoms with van der Waals surface area (Å²) in [4.78, 5) is 28.4. The van der Waals surface area contributed by atoms with Gasteiger partial charge in [-0.15, -0.1) is 0 Å². The second-order valence-electron chi connectivity index (χ2n) is 8.46. The van der Waals surface area contributed by atoms with E-state index in [0.29, 0.717) is 17.2 Å².